The molecule has 0 aliphatic heterocycles. The minimum atomic E-state index is -3.78. The fourth-order valence-electron chi connectivity index (χ4n) is 3.55. The number of halogens is 1. The minimum absolute atomic E-state index is 0.189. The van der Waals surface area contributed by atoms with Crippen molar-refractivity contribution in [3.63, 3.8) is 0 Å². The Morgan fingerprint density at radius 3 is 2.28 bits per heavy atom. The maximum atomic E-state index is 13.5. The lowest BCUT2D eigenvalue weighted by atomic mass is 10.1. The molecule has 0 saturated heterocycles. The SMILES string of the molecule is CCC(C(=O)NC)N(Cc1ccccc1C)C(=O)CN(c1ccc(Cl)cc1C)S(C)(=O)=O. The molecule has 0 fully saturated rings. The predicted octanol–water partition coefficient (Wildman–Crippen LogP) is 3.28. The van der Waals surface area contributed by atoms with Crippen LogP contribution in [-0.4, -0.2) is 51.0 Å². The average Bonchev–Trinajstić information content (AvgIpc) is 2.72. The van der Waals surface area contributed by atoms with E-state index in [1.807, 2.05) is 38.1 Å². The Balaban J connectivity index is 2.48. The highest BCUT2D eigenvalue weighted by Crippen LogP contribution is 2.26. The number of nitrogens with one attached hydrogen (secondary N) is 1. The third-order valence-electron chi connectivity index (χ3n) is 5.34. The van der Waals surface area contributed by atoms with E-state index >= 15 is 0 Å². The van der Waals surface area contributed by atoms with Crippen molar-refractivity contribution in [2.45, 2.75) is 39.8 Å². The lowest BCUT2D eigenvalue weighted by Crippen LogP contribution is -2.51. The third kappa shape index (κ3) is 6.23. The van der Waals surface area contributed by atoms with E-state index < -0.39 is 28.5 Å². The van der Waals surface area contributed by atoms with Crippen LogP contribution in [0.3, 0.4) is 0 Å². The smallest absolute Gasteiger partial charge is 0.244 e. The highest BCUT2D eigenvalue weighted by molar-refractivity contribution is 7.92. The van der Waals surface area contributed by atoms with Crippen molar-refractivity contribution < 1.29 is 18.0 Å². The van der Waals surface area contributed by atoms with Gasteiger partial charge in [-0.3, -0.25) is 13.9 Å². The van der Waals surface area contributed by atoms with Gasteiger partial charge in [0.25, 0.3) is 0 Å². The van der Waals surface area contributed by atoms with Crippen LogP contribution in [0.4, 0.5) is 5.69 Å². The summed E-state index contributed by atoms with van der Waals surface area (Å²) >= 11 is 6.02. The van der Waals surface area contributed by atoms with Gasteiger partial charge in [-0.2, -0.15) is 0 Å². The Morgan fingerprint density at radius 1 is 1.09 bits per heavy atom. The molecular formula is C23H30ClN3O4S. The fourth-order valence-corrected chi connectivity index (χ4v) is 4.68. The van der Waals surface area contributed by atoms with Gasteiger partial charge in [0, 0.05) is 18.6 Å². The lowest BCUT2D eigenvalue weighted by Gasteiger charge is -2.33. The second kappa shape index (κ2) is 10.8. The molecule has 2 aromatic rings. The number of nitrogens with zero attached hydrogens (tertiary/aromatic N) is 2. The second-order valence-corrected chi connectivity index (χ2v) is 10.0. The maximum Gasteiger partial charge on any atom is 0.244 e. The van der Waals surface area contributed by atoms with Gasteiger partial charge in [-0.1, -0.05) is 42.8 Å². The van der Waals surface area contributed by atoms with E-state index in [4.69, 9.17) is 11.6 Å². The van der Waals surface area contributed by atoms with E-state index in [1.54, 1.807) is 25.1 Å². The summed E-state index contributed by atoms with van der Waals surface area (Å²) in [5, 5.41) is 3.07. The van der Waals surface area contributed by atoms with Gasteiger partial charge in [-0.25, -0.2) is 8.42 Å². The molecule has 1 N–H and O–H groups in total. The Labute approximate surface area is 195 Å². The summed E-state index contributed by atoms with van der Waals surface area (Å²) in [7, 11) is -2.26. The zero-order valence-electron chi connectivity index (χ0n) is 19.1. The number of amides is 2. The van der Waals surface area contributed by atoms with Crippen molar-refractivity contribution in [1.29, 1.82) is 0 Å². The number of rotatable bonds is 9. The first-order chi connectivity index (χ1) is 15.0. The summed E-state index contributed by atoms with van der Waals surface area (Å²) in [6.07, 6.45) is 1.44. The van der Waals surface area contributed by atoms with Crippen molar-refractivity contribution in [3.05, 3.63) is 64.2 Å². The number of hydrogen-bond donors (Lipinski definition) is 1. The number of aryl methyl sites for hydroxylation is 2. The molecule has 0 radical (unpaired) electrons. The standard InChI is InChI=1S/C23H30ClN3O4S/c1-6-20(23(29)25-4)26(14-18-10-8-7-9-16(18)2)22(28)15-27(32(5,30)31)21-12-11-19(24)13-17(21)3/h7-13,20H,6,14-15H2,1-5H3,(H,25,29). The molecular weight excluding hydrogens is 450 g/mol. The molecule has 1 unspecified atom stereocenters. The minimum Gasteiger partial charge on any atom is -0.357 e. The molecule has 2 aromatic carbocycles. The summed E-state index contributed by atoms with van der Waals surface area (Å²) in [6.45, 7) is 5.23. The average molecular weight is 480 g/mol. The van der Waals surface area contributed by atoms with Crippen LogP contribution >= 0.6 is 11.6 Å². The highest BCUT2D eigenvalue weighted by Gasteiger charge is 2.31. The van der Waals surface area contributed by atoms with Crippen LogP contribution in [0.5, 0.6) is 0 Å². The molecule has 32 heavy (non-hydrogen) atoms. The number of anilines is 1. The molecule has 0 aliphatic rings. The molecule has 2 amide bonds. The monoisotopic (exact) mass is 479 g/mol. The molecule has 1 atom stereocenters. The summed E-state index contributed by atoms with van der Waals surface area (Å²) in [4.78, 5) is 27.5. The Bertz CT molecular complexity index is 1090. The largest absolute Gasteiger partial charge is 0.357 e. The zero-order chi connectivity index (χ0) is 24.1. The van der Waals surface area contributed by atoms with E-state index in [-0.39, 0.29) is 12.5 Å². The Morgan fingerprint density at radius 2 is 1.75 bits per heavy atom. The molecule has 0 saturated carbocycles. The number of carbonyl (C=O) groups is 2. The van der Waals surface area contributed by atoms with Crippen LogP contribution in [0.1, 0.15) is 30.0 Å². The first kappa shape index (κ1) is 25.7. The second-order valence-electron chi connectivity index (χ2n) is 7.69. The van der Waals surface area contributed by atoms with Gasteiger partial charge in [0.2, 0.25) is 21.8 Å². The lowest BCUT2D eigenvalue weighted by molar-refractivity contribution is -0.140. The highest BCUT2D eigenvalue weighted by atomic mass is 35.5. The number of carbonyl (C=O) groups excluding carboxylic acids is 2. The van der Waals surface area contributed by atoms with Gasteiger partial charge in [-0.15, -0.1) is 0 Å². The number of sulfonamides is 1. The van der Waals surface area contributed by atoms with Crippen molar-refractivity contribution in [1.82, 2.24) is 10.2 Å². The van der Waals surface area contributed by atoms with Gasteiger partial charge in [0.1, 0.15) is 12.6 Å². The van der Waals surface area contributed by atoms with Crippen LogP contribution < -0.4 is 9.62 Å². The van der Waals surface area contributed by atoms with E-state index in [1.165, 1.54) is 11.9 Å². The zero-order valence-corrected chi connectivity index (χ0v) is 20.6. The van der Waals surface area contributed by atoms with E-state index in [0.717, 1.165) is 21.7 Å². The number of hydrogen-bond acceptors (Lipinski definition) is 4. The maximum absolute atomic E-state index is 13.5. The summed E-state index contributed by atoms with van der Waals surface area (Å²) in [5.74, 6) is -0.772. The van der Waals surface area contributed by atoms with Gasteiger partial charge in [-0.05, 0) is 55.2 Å². The molecule has 0 spiro atoms. The molecule has 9 heteroatoms. The van der Waals surface area contributed by atoms with Crippen LogP contribution in [0.2, 0.25) is 5.02 Å². The van der Waals surface area contributed by atoms with Crippen molar-refractivity contribution in [2.24, 2.45) is 0 Å². The van der Waals surface area contributed by atoms with Gasteiger partial charge in [0.15, 0.2) is 0 Å². The van der Waals surface area contributed by atoms with Crippen LogP contribution in [0.15, 0.2) is 42.5 Å². The van der Waals surface area contributed by atoms with Gasteiger partial charge in [0.05, 0.1) is 11.9 Å². The van der Waals surface area contributed by atoms with Crippen LogP contribution in [0.25, 0.3) is 0 Å². The molecule has 0 aromatic heterocycles. The predicted molar refractivity (Wildman–Crippen MR) is 128 cm³/mol. The van der Waals surface area contributed by atoms with Crippen molar-refractivity contribution in [3.8, 4) is 0 Å². The normalized spacial score (nSPS) is 12.2. The van der Waals surface area contributed by atoms with Crippen molar-refractivity contribution in [2.75, 3.05) is 24.2 Å². The number of benzene rings is 2. The van der Waals surface area contributed by atoms with Gasteiger partial charge >= 0.3 is 0 Å². The van der Waals surface area contributed by atoms with Crippen LogP contribution in [0, 0.1) is 13.8 Å². The van der Waals surface area contributed by atoms with Gasteiger partial charge < -0.3 is 10.2 Å². The van der Waals surface area contributed by atoms with E-state index in [0.29, 0.717) is 22.7 Å². The number of likely N-dealkylation sites (N-methyl/N-ethyl adjacent to an activating group) is 1. The first-order valence-electron chi connectivity index (χ1n) is 10.3. The van der Waals surface area contributed by atoms with Crippen molar-refractivity contribution >= 4 is 39.1 Å². The van der Waals surface area contributed by atoms with E-state index in [9.17, 15) is 18.0 Å². The molecule has 0 aliphatic carbocycles. The quantitative estimate of drug-likeness (QED) is 0.598. The van der Waals surface area contributed by atoms with E-state index in [2.05, 4.69) is 5.32 Å². The molecule has 0 heterocycles. The Hall–Kier alpha value is -2.58. The molecule has 174 valence electrons. The molecule has 2 rings (SSSR count). The fraction of sp³-hybridized carbons (Fsp3) is 0.391. The van der Waals surface area contributed by atoms with Crippen LogP contribution in [-0.2, 0) is 26.2 Å². The summed E-state index contributed by atoms with van der Waals surface area (Å²) in [5.41, 5.74) is 2.86. The Kier molecular flexibility index (Phi) is 8.69. The molecule has 0 bridgehead atoms. The third-order valence-corrected chi connectivity index (χ3v) is 6.70. The topological polar surface area (TPSA) is 86.8 Å². The summed E-state index contributed by atoms with van der Waals surface area (Å²) in [6, 6.07) is 11.7. The first-order valence-corrected chi connectivity index (χ1v) is 12.5. The molecule has 7 nitrogen and oxygen atoms in total. The summed E-state index contributed by atoms with van der Waals surface area (Å²) < 4.78 is 26.3.